The summed E-state index contributed by atoms with van der Waals surface area (Å²) in [6.07, 6.45) is 2.33. The predicted molar refractivity (Wildman–Crippen MR) is 77.9 cm³/mol. The summed E-state index contributed by atoms with van der Waals surface area (Å²) in [7, 11) is 0. The van der Waals surface area contributed by atoms with E-state index >= 15 is 0 Å². The lowest BCUT2D eigenvalue weighted by Gasteiger charge is -2.24. The van der Waals surface area contributed by atoms with Crippen LogP contribution in [-0.4, -0.2) is 16.2 Å². The Morgan fingerprint density at radius 2 is 2.06 bits per heavy atom. The van der Waals surface area contributed by atoms with Crippen LogP contribution in [0.1, 0.15) is 31.9 Å². The second-order valence-electron chi connectivity index (χ2n) is 4.69. The predicted octanol–water partition coefficient (Wildman–Crippen LogP) is 3.00. The van der Waals surface area contributed by atoms with Crippen molar-refractivity contribution in [2.45, 2.75) is 32.4 Å². The Kier molecular flexibility index (Phi) is 5.20. The van der Waals surface area contributed by atoms with Crippen LogP contribution >= 0.6 is 12.4 Å². The summed E-state index contributed by atoms with van der Waals surface area (Å²) in [4.78, 5) is 3.16. The maximum atomic E-state index is 10.2. The van der Waals surface area contributed by atoms with Gasteiger partial charge in [0, 0.05) is 17.1 Å². The number of nitrogens with two attached hydrogens (primary N) is 1. The van der Waals surface area contributed by atoms with Gasteiger partial charge in [-0.25, -0.2) is 0 Å². The molecule has 3 atom stereocenters. The van der Waals surface area contributed by atoms with Crippen molar-refractivity contribution in [3.05, 3.63) is 36.0 Å². The van der Waals surface area contributed by atoms with Gasteiger partial charge < -0.3 is 15.8 Å². The highest BCUT2D eigenvalue weighted by molar-refractivity contribution is 5.85. The summed E-state index contributed by atoms with van der Waals surface area (Å²) < 4.78 is 0. The van der Waals surface area contributed by atoms with Gasteiger partial charge in [0.1, 0.15) is 0 Å². The molecule has 1 aromatic carbocycles. The maximum Gasteiger partial charge on any atom is 0.0758 e. The number of fused-ring (bicyclic) bond motifs is 1. The number of aliphatic hydroxyl groups excluding tert-OH is 1. The average Bonchev–Trinajstić information content (AvgIpc) is 2.83. The van der Waals surface area contributed by atoms with Crippen LogP contribution in [0.25, 0.3) is 10.9 Å². The molecule has 2 aromatic rings. The normalized spacial score (nSPS) is 16.0. The number of aromatic amines is 1. The summed E-state index contributed by atoms with van der Waals surface area (Å²) in [5.41, 5.74) is 8.25. The zero-order chi connectivity index (χ0) is 12.4. The molecule has 100 valence electrons. The van der Waals surface area contributed by atoms with Crippen molar-refractivity contribution in [1.29, 1.82) is 0 Å². The molecule has 0 saturated heterocycles. The van der Waals surface area contributed by atoms with Crippen LogP contribution in [0.4, 0.5) is 0 Å². The Morgan fingerprint density at radius 1 is 1.33 bits per heavy atom. The molecule has 4 heteroatoms. The average molecular weight is 269 g/mol. The van der Waals surface area contributed by atoms with Crippen molar-refractivity contribution in [3.63, 3.8) is 0 Å². The molecule has 0 aliphatic carbocycles. The Morgan fingerprint density at radius 3 is 2.72 bits per heavy atom. The lowest BCUT2D eigenvalue weighted by atomic mass is 9.90. The van der Waals surface area contributed by atoms with Gasteiger partial charge in [-0.05, 0) is 23.6 Å². The lowest BCUT2D eigenvalue weighted by Crippen LogP contribution is -2.31. The third-order valence-corrected chi connectivity index (χ3v) is 3.58. The van der Waals surface area contributed by atoms with E-state index in [1.54, 1.807) is 0 Å². The van der Waals surface area contributed by atoms with Crippen LogP contribution in [0.5, 0.6) is 0 Å². The highest BCUT2D eigenvalue weighted by Gasteiger charge is 2.23. The molecule has 2 rings (SSSR count). The first kappa shape index (κ1) is 15.0. The van der Waals surface area contributed by atoms with Crippen molar-refractivity contribution in [1.82, 2.24) is 4.98 Å². The summed E-state index contributed by atoms with van der Waals surface area (Å²) >= 11 is 0. The Labute approximate surface area is 114 Å². The van der Waals surface area contributed by atoms with E-state index in [9.17, 15) is 5.11 Å². The van der Waals surface area contributed by atoms with Crippen LogP contribution in [0, 0.1) is 5.92 Å². The first-order chi connectivity index (χ1) is 8.15. The number of halogens is 1. The maximum absolute atomic E-state index is 10.2. The second-order valence-corrected chi connectivity index (χ2v) is 4.69. The Bertz CT molecular complexity index is 497. The highest BCUT2D eigenvalue weighted by Crippen LogP contribution is 2.27. The van der Waals surface area contributed by atoms with Crippen molar-refractivity contribution in [3.8, 4) is 0 Å². The molecule has 0 bridgehead atoms. The SMILES string of the molecule is CCC(C)[C@@H](O)[C@@H](N)c1cccc2[nH]ccc12.Cl. The number of aliphatic hydroxyl groups is 1. The topological polar surface area (TPSA) is 62.0 Å². The standard InChI is InChI=1S/C14H20N2O.ClH/c1-3-9(2)14(17)13(15)11-5-4-6-12-10(11)7-8-16-12;/h4-9,13-14,16-17H,3,15H2,1-2H3;1H/t9?,13-,14+;/m0./s1. The summed E-state index contributed by atoms with van der Waals surface area (Å²) in [5.74, 6) is 0.208. The van der Waals surface area contributed by atoms with E-state index in [-0.39, 0.29) is 24.4 Å². The lowest BCUT2D eigenvalue weighted by molar-refractivity contribution is 0.0884. The van der Waals surface area contributed by atoms with E-state index < -0.39 is 6.10 Å². The fourth-order valence-corrected chi connectivity index (χ4v) is 2.18. The number of H-pyrrole nitrogens is 1. The van der Waals surface area contributed by atoms with Crippen LogP contribution in [0.2, 0.25) is 0 Å². The first-order valence-electron chi connectivity index (χ1n) is 6.14. The van der Waals surface area contributed by atoms with Crippen LogP contribution in [0.3, 0.4) is 0 Å². The molecule has 1 aromatic heterocycles. The number of hydrogen-bond donors (Lipinski definition) is 3. The number of nitrogens with one attached hydrogen (secondary N) is 1. The van der Waals surface area contributed by atoms with E-state index in [1.807, 2.05) is 37.4 Å². The molecule has 3 nitrogen and oxygen atoms in total. The van der Waals surface area contributed by atoms with E-state index in [2.05, 4.69) is 11.9 Å². The van der Waals surface area contributed by atoms with Crippen molar-refractivity contribution in [2.24, 2.45) is 11.7 Å². The van der Waals surface area contributed by atoms with Gasteiger partial charge in [-0.1, -0.05) is 32.4 Å². The van der Waals surface area contributed by atoms with Crippen molar-refractivity contribution < 1.29 is 5.11 Å². The zero-order valence-corrected chi connectivity index (χ0v) is 11.6. The van der Waals surface area contributed by atoms with Gasteiger partial charge in [0.25, 0.3) is 0 Å². The zero-order valence-electron chi connectivity index (χ0n) is 10.8. The Balaban J connectivity index is 0.00000162. The van der Waals surface area contributed by atoms with Gasteiger partial charge in [0.2, 0.25) is 0 Å². The minimum Gasteiger partial charge on any atom is -0.391 e. The Hall–Kier alpha value is -1.03. The molecule has 0 radical (unpaired) electrons. The molecule has 0 aliphatic rings. The van der Waals surface area contributed by atoms with Gasteiger partial charge in [0.05, 0.1) is 12.1 Å². The van der Waals surface area contributed by atoms with E-state index in [1.165, 1.54) is 0 Å². The molecule has 0 aliphatic heterocycles. The largest absolute Gasteiger partial charge is 0.391 e. The molecule has 0 spiro atoms. The van der Waals surface area contributed by atoms with Crippen molar-refractivity contribution in [2.75, 3.05) is 0 Å². The van der Waals surface area contributed by atoms with Gasteiger partial charge in [-0.2, -0.15) is 0 Å². The molecule has 4 N–H and O–H groups in total. The molecular weight excluding hydrogens is 248 g/mol. The third-order valence-electron chi connectivity index (χ3n) is 3.58. The molecule has 18 heavy (non-hydrogen) atoms. The fourth-order valence-electron chi connectivity index (χ4n) is 2.18. The van der Waals surface area contributed by atoms with Gasteiger partial charge in [-0.15, -0.1) is 12.4 Å². The van der Waals surface area contributed by atoms with Gasteiger partial charge in [-0.3, -0.25) is 0 Å². The summed E-state index contributed by atoms with van der Waals surface area (Å²) in [6.45, 7) is 4.10. The molecule has 1 unspecified atom stereocenters. The molecule has 0 saturated carbocycles. The number of rotatable bonds is 4. The second kappa shape index (κ2) is 6.23. The minimum atomic E-state index is -0.500. The van der Waals surface area contributed by atoms with E-state index in [0.29, 0.717) is 0 Å². The van der Waals surface area contributed by atoms with E-state index in [0.717, 1.165) is 22.9 Å². The quantitative estimate of drug-likeness (QED) is 0.798. The third kappa shape index (κ3) is 2.69. The van der Waals surface area contributed by atoms with Crippen LogP contribution < -0.4 is 5.73 Å². The van der Waals surface area contributed by atoms with E-state index in [4.69, 9.17) is 5.73 Å². The van der Waals surface area contributed by atoms with Gasteiger partial charge >= 0.3 is 0 Å². The van der Waals surface area contributed by atoms with Crippen molar-refractivity contribution >= 4 is 23.3 Å². The molecule has 0 fully saturated rings. The first-order valence-corrected chi connectivity index (χ1v) is 6.14. The monoisotopic (exact) mass is 268 g/mol. The number of aromatic nitrogens is 1. The highest BCUT2D eigenvalue weighted by atomic mass is 35.5. The summed E-state index contributed by atoms with van der Waals surface area (Å²) in [5, 5.41) is 11.3. The number of benzene rings is 1. The fraction of sp³-hybridized carbons (Fsp3) is 0.429. The molecular formula is C14H21ClN2O. The molecule has 0 amide bonds. The smallest absolute Gasteiger partial charge is 0.0758 e. The number of hydrogen-bond acceptors (Lipinski definition) is 2. The molecule has 1 heterocycles. The van der Waals surface area contributed by atoms with Crippen LogP contribution in [0.15, 0.2) is 30.5 Å². The van der Waals surface area contributed by atoms with Crippen LogP contribution in [-0.2, 0) is 0 Å². The summed E-state index contributed by atoms with van der Waals surface area (Å²) in [6, 6.07) is 7.66. The van der Waals surface area contributed by atoms with Gasteiger partial charge in [0.15, 0.2) is 0 Å². The minimum absolute atomic E-state index is 0.